The van der Waals surface area contributed by atoms with Crippen LogP contribution in [0.4, 0.5) is 0 Å². The zero-order valence-corrected chi connectivity index (χ0v) is 14.2. The van der Waals surface area contributed by atoms with Gasteiger partial charge in [-0.3, -0.25) is 4.79 Å². The Labute approximate surface area is 141 Å². The third-order valence-electron chi connectivity index (χ3n) is 3.99. The predicted molar refractivity (Wildman–Crippen MR) is 91.2 cm³/mol. The molecule has 0 spiro atoms. The number of aromatic nitrogens is 2. The summed E-state index contributed by atoms with van der Waals surface area (Å²) in [7, 11) is 0. The highest BCUT2D eigenvalue weighted by Crippen LogP contribution is 2.39. The summed E-state index contributed by atoms with van der Waals surface area (Å²) in [6.07, 6.45) is 3.48. The maximum absolute atomic E-state index is 12.5. The summed E-state index contributed by atoms with van der Waals surface area (Å²) in [6, 6.07) is 5.74. The predicted octanol–water partition coefficient (Wildman–Crippen LogP) is 1.97. The van der Waals surface area contributed by atoms with Crippen molar-refractivity contribution in [1.82, 2.24) is 14.7 Å². The van der Waals surface area contributed by atoms with E-state index in [4.69, 9.17) is 4.74 Å². The summed E-state index contributed by atoms with van der Waals surface area (Å²) in [5.41, 5.74) is 1.23. The highest BCUT2D eigenvalue weighted by molar-refractivity contribution is 5.99. The summed E-state index contributed by atoms with van der Waals surface area (Å²) in [5.74, 6) is 1.58. The van der Waals surface area contributed by atoms with Crippen LogP contribution in [0.1, 0.15) is 48.9 Å². The second kappa shape index (κ2) is 7.32. The number of hydrogen-bond acceptors (Lipinski definition) is 4. The van der Waals surface area contributed by atoms with Crippen molar-refractivity contribution in [1.29, 1.82) is 0 Å². The van der Waals surface area contributed by atoms with Gasteiger partial charge in [-0.2, -0.15) is 0 Å². The van der Waals surface area contributed by atoms with Gasteiger partial charge in [0.2, 0.25) is 0 Å². The van der Waals surface area contributed by atoms with Gasteiger partial charge in [0.25, 0.3) is 5.91 Å². The average molecular weight is 331 g/mol. The molecule has 24 heavy (non-hydrogen) atoms. The van der Waals surface area contributed by atoms with Crippen LogP contribution >= 0.6 is 0 Å². The third kappa shape index (κ3) is 3.94. The first-order valence-corrected chi connectivity index (χ1v) is 8.57. The smallest absolute Gasteiger partial charge is 0.272 e. The Bertz CT molecular complexity index is 707. The number of hydrogen-bond donors (Lipinski definition) is 2. The molecule has 2 aromatic heterocycles. The zero-order chi connectivity index (χ0) is 17.1. The van der Waals surface area contributed by atoms with Crippen LogP contribution in [-0.4, -0.2) is 46.3 Å². The van der Waals surface area contributed by atoms with Crippen LogP contribution < -0.4 is 5.32 Å². The van der Waals surface area contributed by atoms with E-state index in [0.29, 0.717) is 24.1 Å². The van der Waals surface area contributed by atoms with Crippen LogP contribution in [0.15, 0.2) is 24.4 Å². The number of ether oxygens (including phenoxy) is 1. The number of pyridine rings is 1. The monoisotopic (exact) mass is 331 g/mol. The minimum Gasteiger partial charge on any atom is -0.389 e. The first-order valence-electron chi connectivity index (χ1n) is 8.57. The van der Waals surface area contributed by atoms with Crippen LogP contribution in [0.5, 0.6) is 0 Å². The third-order valence-corrected chi connectivity index (χ3v) is 3.99. The van der Waals surface area contributed by atoms with Crippen molar-refractivity contribution in [3.8, 4) is 0 Å². The molecule has 3 rings (SSSR count). The fourth-order valence-corrected chi connectivity index (χ4v) is 2.65. The van der Waals surface area contributed by atoms with Gasteiger partial charge in [-0.05, 0) is 30.9 Å². The molecule has 0 radical (unpaired) electrons. The molecule has 0 saturated heterocycles. The number of aliphatic hydroxyl groups is 1. The van der Waals surface area contributed by atoms with E-state index >= 15 is 0 Å². The molecule has 1 atom stereocenters. The second-order valence-corrected chi connectivity index (χ2v) is 6.84. The summed E-state index contributed by atoms with van der Waals surface area (Å²) in [5, 5.41) is 12.7. The summed E-state index contributed by atoms with van der Waals surface area (Å²) >= 11 is 0. The lowest BCUT2D eigenvalue weighted by Crippen LogP contribution is -2.35. The van der Waals surface area contributed by atoms with Gasteiger partial charge in [-0.25, -0.2) is 4.98 Å². The number of rotatable bonds is 8. The molecule has 2 heterocycles. The maximum Gasteiger partial charge on any atom is 0.272 e. The Morgan fingerprint density at radius 1 is 1.42 bits per heavy atom. The molecule has 0 aromatic carbocycles. The largest absolute Gasteiger partial charge is 0.389 e. The minimum atomic E-state index is -0.718. The number of nitrogens with zero attached hydrogens (tertiary/aromatic N) is 2. The van der Waals surface area contributed by atoms with E-state index in [0.717, 1.165) is 24.2 Å². The number of nitrogens with one attached hydrogen (secondary N) is 1. The molecule has 1 amide bonds. The van der Waals surface area contributed by atoms with Crippen LogP contribution in [-0.2, 0) is 4.74 Å². The van der Waals surface area contributed by atoms with Crippen molar-refractivity contribution in [2.75, 3.05) is 19.8 Å². The van der Waals surface area contributed by atoms with Crippen molar-refractivity contribution >= 4 is 11.4 Å². The van der Waals surface area contributed by atoms with Gasteiger partial charge in [0, 0.05) is 25.3 Å². The van der Waals surface area contributed by atoms with Crippen LogP contribution in [0.2, 0.25) is 0 Å². The number of imidazole rings is 1. The Kier molecular flexibility index (Phi) is 5.16. The molecule has 0 bridgehead atoms. The SMILES string of the molecule is CC(C)COCC(O)CNC(=O)c1nc(C2CC2)n2ccccc12. The molecule has 130 valence electrons. The van der Waals surface area contributed by atoms with Crippen molar-refractivity contribution in [2.45, 2.75) is 38.7 Å². The Morgan fingerprint density at radius 3 is 2.92 bits per heavy atom. The molecule has 1 unspecified atom stereocenters. The van der Waals surface area contributed by atoms with Gasteiger partial charge < -0.3 is 19.6 Å². The van der Waals surface area contributed by atoms with Crippen molar-refractivity contribution in [2.24, 2.45) is 5.92 Å². The molecular weight excluding hydrogens is 306 g/mol. The lowest BCUT2D eigenvalue weighted by atomic mass is 10.2. The second-order valence-electron chi connectivity index (χ2n) is 6.84. The zero-order valence-electron chi connectivity index (χ0n) is 14.2. The minimum absolute atomic E-state index is 0.154. The standard InChI is InChI=1S/C18H25N3O3/c1-12(2)10-24-11-14(22)9-19-18(23)16-15-5-3-4-8-21(15)17(20-16)13-6-7-13/h3-5,8,12-14,22H,6-7,9-11H2,1-2H3,(H,19,23). The van der Waals surface area contributed by atoms with E-state index in [1.165, 1.54) is 0 Å². The Morgan fingerprint density at radius 2 is 2.21 bits per heavy atom. The van der Waals surface area contributed by atoms with Crippen molar-refractivity contribution in [3.05, 3.63) is 35.9 Å². The molecule has 6 nitrogen and oxygen atoms in total. The van der Waals surface area contributed by atoms with Gasteiger partial charge in [-0.1, -0.05) is 19.9 Å². The Hall–Kier alpha value is -1.92. The maximum atomic E-state index is 12.5. The van der Waals surface area contributed by atoms with E-state index in [9.17, 15) is 9.90 Å². The summed E-state index contributed by atoms with van der Waals surface area (Å²) < 4.78 is 7.38. The fraction of sp³-hybridized carbons (Fsp3) is 0.556. The highest BCUT2D eigenvalue weighted by atomic mass is 16.5. The fourth-order valence-electron chi connectivity index (χ4n) is 2.65. The Balaban J connectivity index is 1.62. The molecule has 2 aromatic rings. The van der Waals surface area contributed by atoms with E-state index in [-0.39, 0.29) is 19.1 Å². The molecule has 2 N–H and O–H groups in total. The van der Waals surface area contributed by atoms with E-state index in [2.05, 4.69) is 24.1 Å². The van der Waals surface area contributed by atoms with Crippen LogP contribution in [0.25, 0.3) is 5.52 Å². The number of aliphatic hydroxyl groups excluding tert-OH is 1. The first-order chi connectivity index (χ1) is 11.6. The molecule has 6 heteroatoms. The van der Waals surface area contributed by atoms with Crippen LogP contribution in [0, 0.1) is 5.92 Å². The molecule has 0 aliphatic heterocycles. The average Bonchev–Trinajstić information content (AvgIpc) is 3.33. The molecule has 1 aliphatic carbocycles. The van der Waals surface area contributed by atoms with E-state index in [1.54, 1.807) is 0 Å². The number of carbonyl (C=O) groups excluding carboxylic acids is 1. The first kappa shape index (κ1) is 16.9. The highest BCUT2D eigenvalue weighted by Gasteiger charge is 2.30. The van der Waals surface area contributed by atoms with Crippen LogP contribution in [0.3, 0.4) is 0 Å². The summed E-state index contributed by atoms with van der Waals surface area (Å²) in [6.45, 7) is 5.07. The van der Waals surface area contributed by atoms with Gasteiger partial charge >= 0.3 is 0 Å². The van der Waals surface area contributed by atoms with E-state index < -0.39 is 6.10 Å². The molecule has 1 aliphatic rings. The van der Waals surface area contributed by atoms with E-state index in [1.807, 2.05) is 28.8 Å². The summed E-state index contributed by atoms with van der Waals surface area (Å²) in [4.78, 5) is 17.0. The topological polar surface area (TPSA) is 75.9 Å². The van der Waals surface area contributed by atoms with Gasteiger partial charge in [0.15, 0.2) is 5.69 Å². The van der Waals surface area contributed by atoms with Crippen molar-refractivity contribution < 1.29 is 14.6 Å². The molecular formula is C18H25N3O3. The van der Waals surface area contributed by atoms with Gasteiger partial charge in [-0.15, -0.1) is 0 Å². The normalized spacial score (nSPS) is 15.8. The molecule has 1 saturated carbocycles. The number of carbonyl (C=O) groups is 1. The van der Waals surface area contributed by atoms with Gasteiger partial charge in [0.05, 0.1) is 18.2 Å². The van der Waals surface area contributed by atoms with Crippen molar-refractivity contribution in [3.63, 3.8) is 0 Å². The molecule has 1 fully saturated rings. The lowest BCUT2D eigenvalue weighted by molar-refractivity contribution is 0.0259. The quantitative estimate of drug-likeness (QED) is 0.775. The van der Waals surface area contributed by atoms with Gasteiger partial charge in [0.1, 0.15) is 5.82 Å². The number of fused-ring (bicyclic) bond motifs is 1. The number of amides is 1. The lowest BCUT2D eigenvalue weighted by Gasteiger charge is -2.13.